The van der Waals surface area contributed by atoms with E-state index in [1.165, 1.54) is 41.4 Å². The standard InChI is InChI=1S/C13H23N3S/c1-10-11(2)17-13(15-10)9-16(3)8-12-6-4-5-7-14-12/h12,14H,4-9H2,1-3H3. The van der Waals surface area contributed by atoms with Crippen LogP contribution in [0.3, 0.4) is 0 Å². The van der Waals surface area contributed by atoms with Crippen molar-refractivity contribution in [3.63, 3.8) is 0 Å². The fourth-order valence-electron chi connectivity index (χ4n) is 2.36. The molecule has 1 aromatic rings. The molecule has 0 bridgehead atoms. The summed E-state index contributed by atoms with van der Waals surface area (Å²) in [5, 5.41) is 4.84. The average molecular weight is 253 g/mol. The van der Waals surface area contributed by atoms with Gasteiger partial charge in [-0.05, 0) is 40.3 Å². The van der Waals surface area contributed by atoms with Crippen LogP contribution in [0, 0.1) is 13.8 Å². The number of likely N-dealkylation sites (N-methyl/N-ethyl adjacent to an activating group) is 1. The fraction of sp³-hybridized carbons (Fsp3) is 0.769. The molecule has 1 aliphatic heterocycles. The lowest BCUT2D eigenvalue weighted by atomic mass is 10.0. The van der Waals surface area contributed by atoms with Crippen LogP contribution >= 0.6 is 11.3 Å². The van der Waals surface area contributed by atoms with Gasteiger partial charge in [0.1, 0.15) is 5.01 Å². The number of aryl methyl sites for hydroxylation is 2. The van der Waals surface area contributed by atoms with Crippen molar-refractivity contribution in [3.05, 3.63) is 15.6 Å². The molecular weight excluding hydrogens is 230 g/mol. The minimum atomic E-state index is 0.677. The van der Waals surface area contributed by atoms with Gasteiger partial charge in [0.2, 0.25) is 0 Å². The fourth-order valence-corrected chi connectivity index (χ4v) is 3.37. The summed E-state index contributed by atoms with van der Waals surface area (Å²) in [5.74, 6) is 0. The highest BCUT2D eigenvalue weighted by molar-refractivity contribution is 7.11. The van der Waals surface area contributed by atoms with Gasteiger partial charge in [-0.25, -0.2) is 4.98 Å². The quantitative estimate of drug-likeness (QED) is 0.892. The second-order valence-electron chi connectivity index (χ2n) is 5.09. The second kappa shape index (κ2) is 5.94. The molecule has 0 aromatic carbocycles. The Kier molecular flexibility index (Phi) is 4.54. The van der Waals surface area contributed by atoms with Gasteiger partial charge in [0.05, 0.1) is 12.2 Å². The first-order valence-electron chi connectivity index (χ1n) is 6.50. The summed E-state index contributed by atoms with van der Waals surface area (Å²) in [5.41, 5.74) is 1.19. The molecular formula is C13H23N3S. The van der Waals surface area contributed by atoms with Gasteiger partial charge in [-0.15, -0.1) is 11.3 Å². The Balaban J connectivity index is 1.81. The zero-order valence-corrected chi connectivity index (χ0v) is 11.9. The summed E-state index contributed by atoms with van der Waals surface area (Å²) < 4.78 is 0. The van der Waals surface area contributed by atoms with Gasteiger partial charge in [0.25, 0.3) is 0 Å². The van der Waals surface area contributed by atoms with Crippen molar-refractivity contribution in [1.29, 1.82) is 0 Å². The van der Waals surface area contributed by atoms with Crippen molar-refractivity contribution in [2.75, 3.05) is 20.1 Å². The van der Waals surface area contributed by atoms with Crippen LogP contribution in [0.4, 0.5) is 0 Å². The third-order valence-electron chi connectivity index (χ3n) is 3.42. The van der Waals surface area contributed by atoms with Crippen LogP contribution in [0.2, 0.25) is 0 Å². The van der Waals surface area contributed by atoms with Gasteiger partial charge in [0, 0.05) is 17.5 Å². The zero-order valence-electron chi connectivity index (χ0n) is 11.1. The van der Waals surface area contributed by atoms with Crippen LogP contribution in [-0.2, 0) is 6.54 Å². The van der Waals surface area contributed by atoms with Gasteiger partial charge >= 0.3 is 0 Å². The normalized spacial score (nSPS) is 21.1. The van der Waals surface area contributed by atoms with E-state index in [9.17, 15) is 0 Å². The number of nitrogens with zero attached hydrogens (tertiary/aromatic N) is 2. The topological polar surface area (TPSA) is 28.2 Å². The molecule has 1 aliphatic rings. The Bertz CT molecular complexity index is 336. The molecule has 1 aromatic heterocycles. The smallest absolute Gasteiger partial charge is 0.107 e. The maximum absolute atomic E-state index is 4.60. The Hall–Kier alpha value is -0.450. The number of thiazole rings is 1. The molecule has 4 heteroatoms. The molecule has 17 heavy (non-hydrogen) atoms. The summed E-state index contributed by atoms with van der Waals surface area (Å²) in [6.07, 6.45) is 4.03. The molecule has 1 atom stereocenters. The number of hydrogen-bond donors (Lipinski definition) is 1. The Morgan fingerprint density at radius 3 is 2.82 bits per heavy atom. The summed E-state index contributed by atoms with van der Waals surface area (Å²) in [4.78, 5) is 8.34. The van der Waals surface area contributed by atoms with Gasteiger partial charge < -0.3 is 5.32 Å². The van der Waals surface area contributed by atoms with Crippen molar-refractivity contribution in [2.24, 2.45) is 0 Å². The average Bonchev–Trinajstić information content (AvgIpc) is 2.59. The largest absolute Gasteiger partial charge is 0.313 e. The van der Waals surface area contributed by atoms with Gasteiger partial charge in [-0.2, -0.15) is 0 Å². The van der Waals surface area contributed by atoms with Crippen LogP contribution in [0.1, 0.15) is 34.8 Å². The lowest BCUT2D eigenvalue weighted by Crippen LogP contribution is -2.42. The van der Waals surface area contributed by atoms with E-state index in [0.29, 0.717) is 6.04 Å². The molecule has 0 saturated carbocycles. The molecule has 1 unspecified atom stereocenters. The van der Waals surface area contributed by atoms with Crippen molar-refractivity contribution in [2.45, 2.75) is 45.7 Å². The van der Waals surface area contributed by atoms with Gasteiger partial charge in [-0.3, -0.25) is 4.90 Å². The first-order chi connectivity index (χ1) is 8.15. The van der Waals surface area contributed by atoms with Crippen molar-refractivity contribution in [1.82, 2.24) is 15.2 Å². The molecule has 1 fully saturated rings. The Labute approximate surface area is 108 Å². The highest BCUT2D eigenvalue weighted by Gasteiger charge is 2.15. The summed E-state index contributed by atoms with van der Waals surface area (Å²) >= 11 is 1.83. The van der Waals surface area contributed by atoms with Crippen LogP contribution in [0.5, 0.6) is 0 Å². The van der Waals surface area contributed by atoms with E-state index in [0.717, 1.165) is 13.1 Å². The second-order valence-corrected chi connectivity index (χ2v) is 6.38. The highest BCUT2D eigenvalue weighted by atomic mass is 32.1. The number of rotatable bonds is 4. The minimum Gasteiger partial charge on any atom is -0.313 e. The molecule has 1 N–H and O–H groups in total. The molecule has 0 radical (unpaired) electrons. The van der Waals surface area contributed by atoms with E-state index < -0.39 is 0 Å². The molecule has 2 rings (SSSR count). The van der Waals surface area contributed by atoms with Gasteiger partial charge in [0.15, 0.2) is 0 Å². The maximum Gasteiger partial charge on any atom is 0.107 e. The summed E-state index contributed by atoms with van der Waals surface area (Å²) in [6.45, 7) is 7.56. The van der Waals surface area contributed by atoms with E-state index in [4.69, 9.17) is 0 Å². The molecule has 3 nitrogen and oxygen atoms in total. The van der Waals surface area contributed by atoms with Crippen LogP contribution in [0.15, 0.2) is 0 Å². The SMILES string of the molecule is Cc1nc(CN(C)CC2CCCCN2)sc1C. The monoisotopic (exact) mass is 253 g/mol. The van der Waals surface area contributed by atoms with E-state index in [1.807, 2.05) is 11.3 Å². The van der Waals surface area contributed by atoms with Crippen LogP contribution < -0.4 is 5.32 Å². The summed E-state index contributed by atoms with van der Waals surface area (Å²) in [6, 6.07) is 0.677. The third kappa shape index (κ3) is 3.76. The number of piperidine rings is 1. The zero-order chi connectivity index (χ0) is 12.3. The molecule has 2 heterocycles. The molecule has 0 amide bonds. The first-order valence-corrected chi connectivity index (χ1v) is 7.31. The summed E-state index contributed by atoms with van der Waals surface area (Å²) in [7, 11) is 2.20. The lowest BCUT2D eigenvalue weighted by Gasteiger charge is -2.27. The molecule has 0 aliphatic carbocycles. The van der Waals surface area contributed by atoms with Crippen LogP contribution in [-0.4, -0.2) is 36.1 Å². The highest BCUT2D eigenvalue weighted by Crippen LogP contribution is 2.18. The van der Waals surface area contributed by atoms with Crippen molar-refractivity contribution in [3.8, 4) is 0 Å². The van der Waals surface area contributed by atoms with E-state index in [2.05, 4.69) is 36.1 Å². The predicted octanol–water partition coefficient (Wildman–Crippen LogP) is 2.33. The molecule has 0 spiro atoms. The van der Waals surface area contributed by atoms with E-state index in [1.54, 1.807) is 0 Å². The molecule has 1 saturated heterocycles. The molecule has 96 valence electrons. The Morgan fingerprint density at radius 2 is 2.24 bits per heavy atom. The van der Waals surface area contributed by atoms with Gasteiger partial charge in [-0.1, -0.05) is 6.42 Å². The Morgan fingerprint density at radius 1 is 1.41 bits per heavy atom. The third-order valence-corrected chi connectivity index (χ3v) is 4.48. The number of hydrogen-bond acceptors (Lipinski definition) is 4. The van der Waals surface area contributed by atoms with Crippen molar-refractivity contribution < 1.29 is 0 Å². The van der Waals surface area contributed by atoms with Crippen LogP contribution in [0.25, 0.3) is 0 Å². The number of nitrogens with one attached hydrogen (secondary N) is 1. The minimum absolute atomic E-state index is 0.677. The lowest BCUT2D eigenvalue weighted by molar-refractivity contribution is 0.256. The van der Waals surface area contributed by atoms with E-state index >= 15 is 0 Å². The maximum atomic E-state index is 4.60. The predicted molar refractivity (Wildman–Crippen MR) is 73.6 cm³/mol. The van der Waals surface area contributed by atoms with Crippen molar-refractivity contribution >= 4 is 11.3 Å². The first kappa shape index (κ1) is 13.0. The number of aromatic nitrogens is 1. The van der Waals surface area contributed by atoms with E-state index in [-0.39, 0.29) is 0 Å².